The molecule has 1 aromatic carbocycles. The minimum absolute atomic E-state index is 0.272. The minimum Gasteiger partial charge on any atom is -0.351 e. The molecule has 6 nitrogen and oxygen atoms in total. The summed E-state index contributed by atoms with van der Waals surface area (Å²) < 4.78 is 24.6. The highest BCUT2D eigenvalue weighted by atomic mass is 32.2. The van der Waals surface area contributed by atoms with Crippen molar-refractivity contribution in [2.24, 2.45) is 0 Å². The Morgan fingerprint density at radius 2 is 1.77 bits per heavy atom. The molecule has 7 heteroatoms. The lowest BCUT2D eigenvalue weighted by molar-refractivity contribution is -0.120. The SMILES string of the molecule is Cc1cnc(S(=O)(=O)C(C)C(=O)NCc2ccccc2)nc1. The number of carbonyl (C=O) groups is 1. The summed E-state index contributed by atoms with van der Waals surface area (Å²) in [6.45, 7) is 3.36. The molecule has 116 valence electrons. The van der Waals surface area contributed by atoms with Gasteiger partial charge in [0.2, 0.25) is 20.9 Å². The van der Waals surface area contributed by atoms with Crippen molar-refractivity contribution in [3.05, 3.63) is 53.9 Å². The van der Waals surface area contributed by atoms with Crippen molar-refractivity contribution in [2.75, 3.05) is 0 Å². The maximum Gasteiger partial charge on any atom is 0.247 e. The number of nitrogens with one attached hydrogen (secondary N) is 1. The van der Waals surface area contributed by atoms with Crippen molar-refractivity contribution < 1.29 is 13.2 Å². The van der Waals surface area contributed by atoms with E-state index in [1.807, 2.05) is 30.3 Å². The smallest absolute Gasteiger partial charge is 0.247 e. The normalized spacial score (nSPS) is 12.6. The number of aryl methyl sites for hydroxylation is 1. The Labute approximate surface area is 129 Å². The molecule has 1 amide bonds. The topological polar surface area (TPSA) is 89.0 Å². The molecule has 1 aromatic heterocycles. The quantitative estimate of drug-likeness (QED) is 0.838. The fourth-order valence-electron chi connectivity index (χ4n) is 1.76. The van der Waals surface area contributed by atoms with Gasteiger partial charge in [0.15, 0.2) is 0 Å². The first kappa shape index (κ1) is 16.1. The van der Waals surface area contributed by atoms with Crippen LogP contribution in [0.4, 0.5) is 0 Å². The second-order valence-corrected chi connectivity index (χ2v) is 7.10. The monoisotopic (exact) mass is 319 g/mol. The fourth-order valence-corrected chi connectivity index (χ4v) is 2.84. The van der Waals surface area contributed by atoms with Gasteiger partial charge in [0.25, 0.3) is 0 Å². The van der Waals surface area contributed by atoms with E-state index >= 15 is 0 Å². The maximum absolute atomic E-state index is 12.3. The molecule has 0 aliphatic rings. The van der Waals surface area contributed by atoms with E-state index in [1.165, 1.54) is 19.3 Å². The van der Waals surface area contributed by atoms with Crippen molar-refractivity contribution >= 4 is 15.7 Å². The number of benzene rings is 1. The summed E-state index contributed by atoms with van der Waals surface area (Å²) in [5.74, 6) is -0.576. The predicted molar refractivity (Wildman–Crippen MR) is 81.7 cm³/mol. The van der Waals surface area contributed by atoms with Gasteiger partial charge >= 0.3 is 0 Å². The zero-order valence-electron chi connectivity index (χ0n) is 12.4. The summed E-state index contributed by atoms with van der Waals surface area (Å²) in [5, 5.41) is 1.03. The van der Waals surface area contributed by atoms with E-state index in [4.69, 9.17) is 0 Å². The lowest BCUT2D eigenvalue weighted by atomic mass is 10.2. The second-order valence-electron chi connectivity index (χ2n) is 4.93. The number of nitrogens with zero attached hydrogens (tertiary/aromatic N) is 2. The van der Waals surface area contributed by atoms with Gasteiger partial charge in [-0.1, -0.05) is 30.3 Å². The number of carbonyl (C=O) groups excluding carboxylic acids is 1. The summed E-state index contributed by atoms with van der Waals surface area (Å²) in [4.78, 5) is 19.6. The van der Waals surface area contributed by atoms with Crippen LogP contribution in [0.5, 0.6) is 0 Å². The number of rotatable bonds is 5. The standard InChI is InChI=1S/C15H17N3O3S/c1-11-8-17-15(18-9-11)22(20,21)12(2)14(19)16-10-13-6-4-3-5-7-13/h3-9,12H,10H2,1-2H3,(H,16,19). The number of sulfone groups is 1. The van der Waals surface area contributed by atoms with Gasteiger partial charge in [0.1, 0.15) is 5.25 Å². The molecule has 1 atom stereocenters. The Morgan fingerprint density at radius 3 is 2.36 bits per heavy atom. The third-order valence-electron chi connectivity index (χ3n) is 3.16. The van der Waals surface area contributed by atoms with Gasteiger partial charge in [-0.05, 0) is 25.0 Å². The predicted octanol–water partition coefficient (Wildman–Crippen LogP) is 1.26. The minimum atomic E-state index is -3.89. The maximum atomic E-state index is 12.3. The van der Waals surface area contributed by atoms with Gasteiger partial charge in [-0.2, -0.15) is 0 Å². The van der Waals surface area contributed by atoms with Crippen LogP contribution in [-0.4, -0.2) is 29.5 Å². The number of hydrogen-bond donors (Lipinski definition) is 1. The molecule has 0 aliphatic carbocycles. The Morgan fingerprint density at radius 1 is 1.18 bits per heavy atom. The zero-order chi connectivity index (χ0) is 16.2. The number of amides is 1. The van der Waals surface area contributed by atoms with Crippen molar-refractivity contribution in [1.82, 2.24) is 15.3 Å². The first-order valence-electron chi connectivity index (χ1n) is 6.75. The van der Waals surface area contributed by atoms with Crippen LogP contribution < -0.4 is 5.32 Å². The molecular weight excluding hydrogens is 302 g/mol. The summed E-state index contributed by atoms with van der Waals surface area (Å²) in [7, 11) is -3.89. The molecule has 0 radical (unpaired) electrons. The molecule has 0 bridgehead atoms. The third-order valence-corrected chi connectivity index (χ3v) is 5.02. The average Bonchev–Trinajstić information content (AvgIpc) is 2.53. The van der Waals surface area contributed by atoms with Gasteiger partial charge in [0.05, 0.1) is 0 Å². The van der Waals surface area contributed by atoms with Crippen molar-refractivity contribution in [3.8, 4) is 0 Å². The van der Waals surface area contributed by atoms with Gasteiger partial charge in [0, 0.05) is 18.9 Å². The molecule has 0 fully saturated rings. The largest absolute Gasteiger partial charge is 0.351 e. The Hall–Kier alpha value is -2.28. The average molecular weight is 319 g/mol. The Bertz CT molecular complexity index is 743. The van der Waals surface area contributed by atoms with Crippen LogP contribution in [-0.2, 0) is 21.2 Å². The van der Waals surface area contributed by atoms with Crippen LogP contribution in [0.15, 0.2) is 47.9 Å². The van der Waals surface area contributed by atoms with Gasteiger partial charge < -0.3 is 5.32 Å². The van der Waals surface area contributed by atoms with E-state index in [1.54, 1.807) is 6.92 Å². The molecule has 2 rings (SSSR count). The lowest BCUT2D eigenvalue weighted by Crippen LogP contribution is -2.38. The van der Waals surface area contributed by atoms with Crippen LogP contribution >= 0.6 is 0 Å². The van der Waals surface area contributed by atoms with Crippen LogP contribution in [0.2, 0.25) is 0 Å². The van der Waals surface area contributed by atoms with Crippen LogP contribution in [0, 0.1) is 6.92 Å². The summed E-state index contributed by atoms with van der Waals surface area (Å²) >= 11 is 0. The van der Waals surface area contributed by atoms with E-state index in [-0.39, 0.29) is 11.7 Å². The molecule has 1 N–H and O–H groups in total. The highest BCUT2D eigenvalue weighted by molar-refractivity contribution is 7.92. The van der Waals surface area contributed by atoms with Crippen molar-refractivity contribution in [2.45, 2.75) is 30.8 Å². The Balaban J connectivity index is 2.07. The fraction of sp³-hybridized carbons (Fsp3) is 0.267. The molecule has 0 aliphatic heterocycles. The second kappa shape index (κ2) is 6.65. The molecule has 1 heterocycles. The van der Waals surface area contributed by atoms with Crippen LogP contribution in [0.1, 0.15) is 18.1 Å². The lowest BCUT2D eigenvalue weighted by Gasteiger charge is -2.12. The molecule has 0 spiro atoms. The van der Waals surface area contributed by atoms with Gasteiger partial charge in [-0.15, -0.1) is 0 Å². The third kappa shape index (κ3) is 3.67. The molecule has 0 saturated carbocycles. The van der Waals surface area contributed by atoms with E-state index in [9.17, 15) is 13.2 Å². The summed E-state index contributed by atoms with van der Waals surface area (Å²) in [5.41, 5.74) is 1.65. The van der Waals surface area contributed by atoms with Crippen molar-refractivity contribution in [1.29, 1.82) is 0 Å². The van der Waals surface area contributed by atoms with Crippen LogP contribution in [0.25, 0.3) is 0 Å². The first-order chi connectivity index (χ1) is 10.4. The van der Waals surface area contributed by atoms with E-state index in [0.29, 0.717) is 0 Å². The molecule has 22 heavy (non-hydrogen) atoms. The Kier molecular flexibility index (Phi) is 4.87. The van der Waals surface area contributed by atoms with Crippen LogP contribution in [0.3, 0.4) is 0 Å². The van der Waals surface area contributed by atoms with Crippen molar-refractivity contribution in [3.63, 3.8) is 0 Å². The zero-order valence-corrected chi connectivity index (χ0v) is 13.2. The van der Waals surface area contributed by atoms with Gasteiger partial charge in [-0.25, -0.2) is 18.4 Å². The highest BCUT2D eigenvalue weighted by Crippen LogP contribution is 2.11. The number of hydrogen-bond acceptors (Lipinski definition) is 5. The van der Waals surface area contributed by atoms with E-state index < -0.39 is 21.0 Å². The number of aromatic nitrogens is 2. The highest BCUT2D eigenvalue weighted by Gasteiger charge is 2.31. The molecular formula is C15H17N3O3S. The molecule has 2 aromatic rings. The first-order valence-corrected chi connectivity index (χ1v) is 8.30. The summed E-state index contributed by atoms with van der Waals surface area (Å²) in [6.07, 6.45) is 2.82. The van der Waals surface area contributed by atoms with Gasteiger partial charge in [-0.3, -0.25) is 4.79 Å². The van der Waals surface area contributed by atoms with E-state index in [0.717, 1.165) is 11.1 Å². The van der Waals surface area contributed by atoms with E-state index in [2.05, 4.69) is 15.3 Å². The summed E-state index contributed by atoms with van der Waals surface area (Å²) in [6, 6.07) is 9.27. The molecule has 0 saturated heterocycles. The molecule has 1 unspecified atom stereocenters.